The zero-order valence-corrected chi connectivity index (χ0v) is 14.7. The first-order chi connectivity index (χ1) is 8.57. The molecule has 19 heavy (non-hydrogen) atoms. The summed E-state index contributed by atoms with van der Waals surface area (Å²) in [6.45, 7) is 13.1. The molecule has 1 aromatic carbocycles. The lowest BCUT2D eigenvalue weighted by Crippen LogP contribution is -2.29. The minimum atomic E-state index is -1.83. The number of hydrogen-bond acceptors (Lipinski definition) is 3. The second kappa shape index (κ2) is 6.02. The quantitative estimate of drug-likeness (QED) is 0.770. The molecule has 0 atom stereocenters. The largest absolute Gasteiger partial charge is 0.516 e. The molecule has 1 aromatic rings. The molecular weight excluding hydrogens is 272 g/mol. The number of carbonyl (C=O) groups is 1. The van der Waals surface area contributed by atoms with Crippen molar-refractivity contribution >= 4 is 22.6 Å². The van der Waals surface area contributed by atoms with Crippen LogP contribution in [0.5, 0.6) is 0 Å². The van der Waals surface area contributed by atoms with Crippen molar-refractivity contribution in [1.29, 1.82) is 0 Å². The van der Waals surface area contributed by atoms with Gasteiger partial charge in [0.25, 0.3) is 0 Å². The highest BCUT2D eigenvalue weighted by Gasteiger charge is 2.21. The van der Waals surface area contributed by atoms with Gasteiger partial charge in [0, 0.05) is 0 Å². The highest BCUT2D eigenvalue weighted by atomic mass is 28.4. The minimum absolute atomic E-state index is 0.225. The van der Waals surface area contributed by atoms with Gasteiger partial charge in [-0.05, 0) is 57.0 Å². The van der Waals surface area contributed by atoms with Crippen LogP contribution in [0.1, 0.15) is 15.9 Å². The van der Waals surface area contributed by atoms with Crippen molar-refractivity contribution in [2.75, 3.05) is 0 Å². The molecule has 0 saturated heterocycles. The van der Waals surface area contributed by atoms with E-state index >= 15 is 0 Å². The molecule has 0 aliphatic rings. The zero-order valence-electron chi connectivity index (χ0n) is 12.7. The van der Waals surface area contributed by atoms with Crippen molar-refractivity contribution in [3.8, 4) is 0 Å². The van der Waals surface area contributed by atoms with Crippen LogP contribution in [0.3, 0.4) is 0 Å². The molecule has 0 N–H and O–H groups in total. The lowest BCUT2D eigenvalue weighted by Gasteiger charge is -2.18. The Labute approximate surface area is 118 Å². The molecule has 3 nitrogen and oxygen atoms in total. The van der Waals surface area contributed by atoms with Crippen molar-refractivity contribution in [3.05, 3.63) is 35.4 Å². The van der Waals surface area contributed by atoms with Crippen LogP contribution in [-0.2, 0) is 15.5 Å². The van der Waals surface area contributed by atoms with Crippen LogP contribution in [0.25, 0.3) is 0 Å². The zero-order chi connectivity index (χ0) is 14.7. The molecule has 0 fully saturated rings. The minimum Gasteiger partial charge on any atom is -0.516 e. The second-order valence-corrected chi connectivity index (χ2v) is 15.5. The molecular formula is C14H24O3Si2. The van der Waals surface area contributed by atoms with Crippen molar-refractivity contribution in [2.45, 2.75) is 45.9 Å². The van der Waals surface area contributed by atoms with Gasteiger partial charge in [-0.1, -0.05) is 12.1 Å². The van der Waals surface area contributed by atoms with E-state index in [0.717, 1.165) is 5.56 Å². The molecule has 5 heteroatoms. The van der Waals surface area contributed by atoms with Crippen LogP contribution in [0.4, 0.5) is 0 Å². The summed E-state index contributed by atoms with van der Waals surface area (Å²) >= 11 is 0. The summed E-state index contributed by atoms with van der Waals surface area (Å²) in [6.07, 6.45) is 0. The van der Waals surface area contributed by atoms with Gasteiger partial charge in [0.2, 0.25) is 8.32 Å². The topological polar surface area (TPSA) is 35.5 Å². The first kappa shape index (κ1) is 16.1. The predicted octanol–water partition coefficient (Wildman–Crippen LogP) is 4.03. The Bertz CT molecular complexity index is 427. The Morgan fingerprint density at radius 2 is 1.47 bits per heavy atom. The van der Waals surface area contributed by atoms with Gasteiger partial charge in [-0.3, -0.25) is 0 Å². The summed E-state index contributed by atoms with van der Waals surface area (Å²) in [7, 11) is -3.32. The maximum atomic E-state index is 11.9. The molecule has 0 spiro atoms. The van der Waals surface area contributed by atoms with Crippen LogP contribution in [0.2, 0.25) is 39.3 Å². The predicted molar refractivity (Wildman–Crippen MR) is 83.3 cm³/mol. The fourth-order valence-electron chi connectivity index (χ4n) is 1.37. The first-order valence-corrected chi connectivity index (χ1v) is 13.3. The molecule has 0 aliphatic carbocycles. The Balaban J connectivity index is 2.64. The van der Waals surface area contributed by atoms with E-state index in [0.29, 0.717) is 12.2 Å². The van der Waals surface area contributed by atoms with E-state index in [-0.39, 0.29) is 5.97 Å². The lowest BCUT2D eigenvalue weighted by molar-refractivity contribution is 0.0724. The standard InChI is InChI=1S/C14H24O3Si2/c1-18(2,3)16-11-12-7-9-13(10-8-12)14(15)17-19(4,5)6/h7-10H,11H2,1-6H3. The van der Waals surface area contributed by atoms with E-state index in [1.165, 1.54) is 0 Å². The van der Waals surface area contributed by atoms with Gasteiger partial charge in [0.05, 0.1) is 12.2 Å². The third-order valence-electron chi connectivity index (χ3n) is 2.26. The first-order valence-electron chi connectivity index (χ1n) is 6.53. The van der Waals surface area contributed by atoms with Gasteiger partial charge in [0.15, 0.2) is 8.32 Å². The Kier molecular flexibility index (Phi) is 5.12. The van der Waals surface area contributed by atoms with Crippen molar-refractivity contribution in [3.63, 3.8) is 0 Å². The van der Waals surface area contributed by atoms with E-state index in [4.69, 9.17) is 8.85 Å². The highest BCUT2D eigenvalue weighted by molar-refractivity contribution is 6.71. The molecule has 0 heterocycles. The smallest absolute Gasteiger partial charge is 0.324 e. The van der Waals surface area contributed by atoms with Crippen LogP contribution >= 0.6 is 0 Å². The van der Waals surface area contributed by atoms with Gasteiger partial charge in [-0.25, -0.2) is 4.79 Å². The maximum absolute atomic E-state index is 11.9. The van der Waals surface area contributed by atoms with Gasteiger partial charge in [-0.15, -0.1) is 0 Å². The molecule has 0 bridgehead atoms. The molecule has 0 amide bonds. The highest BCUT2D eigenvalue weighted by Crippen LogP contribution is 2.13. The van der Waals surface area contributed by atoms with E-state index in [2.05, 4.69) is 19.6 Å². The molecule has 106 valence electrons. The fourth-order valence-corrected chi connectivity index (χ4v) is 2.65. The van der Waals surface area contributed by atoms with Crippen LogP contribution < -0.4 is 0 Å². The van der Waals surface area contributed by atoms with Crippen LogP contribution in [-0.4, -0.2) is 22.6 Å². The molecule has 1 rings (SSSR count). The summed E-state index contributed by atoms with van der Waals surface area (Å²) in [4.78, 5) is 11.9. The van der Waals surface area contributed by atoms with Crippen LogP contribution in [0, 0.1) is 0 Å². The van der Waals surface area contributed by atoms with Gasteiger partial charge in [0.1, 0.15) is 0 Å². The Hall–Kier alpha value is -0.916. The SMILES string of the molecule is C[Si](C)(C)OCc1ccc(C(=O)O[Si](C)(C)C)cc1. The maximum Gasteiger partial charge on any atom is 0.324 e. The molecule has 0 radical (unpaired) electrons. The van der Waals surface area contributed by atoms with E-state index in [1.54, 1.807) is 0 Å². The average Bonchev–Trinajstić information content (AvgIpc) is 2.23. The van der Waals surface area contributed by atoms with Crippen LogP contribution in [0.15, 0.2) is 24.3 Å². The Morgan fingerprint density at radius 1 is 0.947 bits per heavy atom. The molecule has 0 aliphatic heterocycles. The lowest BCUT2D eigenvalue weighted by atomic mass is 10.1. The number of benzene rings is 1. The fraction of sp³-hybridized carbons (Fsp3) is 0.500. The average molecular weight is 297 g/mol. The normalized spacial score (nSPS) is 12.3. The molecule has 0 aromatic heterocycles. The number of hydrogen-bond donors (Lipinski definition) is 0. The van der Waals surface area contributed by atoms with E-state index < -0.39 is 16.6 Å². The number of carbonyl (C=O) groups excluding carboxylic acids is 1. The molecule has 0 saturated carbocycles. The number of rotatable bonds is 5. The third-order valence-corrected chi connectivity index (χ3v) is 4.07. The summed E-state index contributed by atoms with van der Waals surface area (Å²) < 4.78 is 11.3. The summed E-state index contributed by atoms with van der Waals surface area (Å²) in [5.74, 6) is -0.225. The summed E-state index contributed by atoms with van der Waals surface area (Å²) in [6, 6.07) is 7.48. The third kappa shape index (κ3) is 6.70. The molecule has 0 unspecified atom stereocenters. The van der Waals surface area contributed by atoms with E-state index in [9.17, 15) is 4.79 Å². The Morgan fingerprint density at radius 3 is 1.89 bits per heavy atom. The van der Waals surface area contributed by atoms with Gasteiger partial charge < -0.3 is 8.85 Å². The summed E-state index contributed by atoms with van der Waals surface area (Å²) in [5.41, 5.74) is 1.70. The van der Waals surface area contributed by atoms with Crippen molar-refractivity contribution < 1.29 is 13.6 Å². The van der Waals surface area contributed by atoms with Gasteiger partial charge in [-0.2, -0.15) is 0 Å². The van der Waals surface area contributed by atoms with Crippen molar-refractivity contribution in [1.82, 2.24) is 0 Å². The van der Waals surface area contributed by atoms with Gasteiger partial charge >= 0.3 is 5.97 Å². The monoisotopic (exact) mass is 296 g/mol. The van der Waals surface area contributed by atoms with Crippen molar-refractivity contribution in [2.24, 2.45) is 0 Å². The van der Waals surface area contributed by atoms with E-state index in [1.807, 2.05) is 43.9 Å². The summed E-state index contributed by atoms with van der Waals surface area (Å²) in [5, 5.41) is 0. The second-order valence-electron chi connectivity index (χ2n) is 6.60.